The molecule has 1 aliphatic carbocycles. The molecular formula is C16H19NO2. The summed E-state index contributed by atoms with van der Waals surface area (Å²) in [6.45, 7) is 4.72. The van der Waals surface area contributed by atoms with Crippen LogP contribution in [0.3, 0.4) is 0 Å². The molecule has 3 heteroatoms. The Morgan fingerprint density at radius 3 is 2.84 bits per heavy atom. The number of carbonyl (C=O) groups excluding carboxylic acids is 1. The SMILES string of the molecule is Cc1cc(C#CCO)cc(C(=O)NCC2CC2C)c1. The third-order valence-electron chi connectivity index (χ3n) is 3.45. The minimum atomic E-state index is -0.172. The smallest absolute Gasteiger partial charge is 0.251 e. The predicted octanol–water partition coefficient (Wildman–Crippen LogP) is 1.72. The van der Waals surface area contributed by atoms with Crippen LogP contribution in [-0.2, 0) is 0 Å². The Labute approximate surface area is 114 Å². The van der Waals surface area contributed by atoms with Crippen LogP contribution >= 0.6 is 0 Å². The summed E-state index contributed by atoms with van der Waals surface area (Å²) in [6.07, 6.45) is 1.21. The summed E-state index contributed by atoms with van der Waals surface area (Å²) in [4.78, 5) is 12.1. The van der Waals surface area contributed by atoms with Gasteiger partial charge in [-0.1, -0.05) is 18.8 Å². The highest BCUT2D eigenvalue weighted by Crippen LogP contribution is 2.36. The highest BCUT2D eigenvalue weighted by atomic mass is 16.2. The van der Waals surface area contributed by atoms with Crippen LogP contribution in [0, 0.1) is 30.6 Å². The predicted molar refractivity (Wildman–Crippen MR) is 74.7 cm³/mol. The molecule has 0 saturated heterocycles. The lowest BCUT2D eigenvalue weighted by Gasteiger charge is -2.06. The van der Waals surface area contributed by atoms with Crippen molar-refractivity contribution in [3.8, 4) is 11.8 Å². The molecule has 19 heavy (non-hydrogen) atoms. The van der Waals surface area contributed by atoms with Crippen molar-refractivity contribution in [2.45, 2.75) is 20.3 Å². The molecule has 0 radical (unpaired) electrons. The topological polar surface area (TPSA) is 49.3 Å². The standard InChI is InChI=1S/C16H19NO2/c1-11-6-13(4-3-5-18)9-14(7-11)16(19)17-10-15-8-12(15)2/h6-7,9,12,15,18H,5,8,10H2,1-2H3,(H,17,19). The molecule has 1 fully saturated rings. The second kappa shape index (κ2) is 5.90. The van der Waals surface area contributed by atoms with E-state index in [1.807, 2.05) is 19.1 Å². The average Bonchev–Trinajstić information content (AvgIpc) is 3.09. The van der Waals surface area contributed by atoms with Gasteiger partial charge in [-0.2, -0.15) is 0 Å². The summed E-state index contributed by atoms with van der Waals surface area (Å²) in [5.74, 6) is 6.77. The van der Waals surface area contributed by atoms with Gasteiger partial charge in [0.25, 0.3) is 5.91 Å². The maximum atomic E-state index is 12.1. The van der Waals surface area contributed by atoms with Gasteiger partial charge in [-0.05, 0) is 48.9 Å². The molecule has 1 aliphatic rings. The van der Waals surface area contributed by atoms with E-state index in [0.717, 1.165) is 23.6 Å². The number of hydrogen-bond acceptors (Lipinski definition) is 2. The first-order valence-electron chi connectivity index (χ1n) is 6.59. The Bertz CT molecular complexity index is 539. The van der Waals surface area contributed by atoms with E-state index in [2.05, 4.69) is 24.1 Å². The fourth-order valence-electron chi connectivity index (χ4n) is 2.14. The van der Waals surface area contributed by atoms with Gasteiger partial charge in [0.15, 0.2) is 0 Å². The molecule has 0 spiro atoms. The van der Waals surface area contributed by atoms with Crippen molar-refractivity contribution in [1.29, 1.82) is 0 Å². The number of aliphatic hydroxyl groups is 1. The van der Waals surface area contributed by atoms with Gasteiger partial charge in [0.1, 0.15) is 6.61 Å². The van der Waals surface area contributed by atoms with E-state index in [0.29, 0.717) is 11.5 Å². The number of amides is 1. The maximum absolute atomic E-state index is 12.1. The van der Waals surface area contributed by atoms with Crippen molar-refractivity contribution >= 4 is 5.91 Å². The zero-order valence-corrected chi connectivity index (χ0v) is 11.4. The lowest BCUT2D eigenvalue weighted by molar-refractivity contribution is 0.0951. The highest BCUT2D eigenvalue weighted by molar-refractivity contribution is 5.94. The van der Waals surface area contributed by atoms with Crippen LogP contribution in [0.2, 0.25) is 0 Å². The van der Waals surface area contributed by atoms with Crippen LogP contribution in [0.5, 0.6) is 0 Å². The van der Waals surface area contributed by atoms with Gasteiger partial charge in [-0.3, -0.25) is 4.79 Å². The second-order valence-corrected chi connectivity index (χ2v) is 5.23. The molecule has 100 valence electrons. The molecule has 1 saturated carbocycles. The quantitative estimate of drug-likeness (QED) is 0.810. The normalized spacial score (nSPS) is 20.4. The number of carbonyl (C=O) groups is 1. The summed E-state index contributed by atoms with van der Waals surface area (Å²) in [5.41, 5.74) is 2.39. The summed E-state index contributed by atoms with van der Waals surface area (Å²) in [5, 5.41) is 11.7. The second-order valence-electron chi connectivity index (χ2n) is 5.23. The molecule has 0 heterocycles. The molecule has 1 aromatic rings. The first-order chi connectivity index (χ1) is 9.10. The minimum absolute atomic E-state index is 0.0464. The van der Waals surface area contributed by atoms with Crippen molar-refractivity contribution in [3.05, 3.63) is 34.9 Å². The molecule has 0 aromatic heterocycles. The van der Waals surface area contributed by atoms with E-state index >= 15 is 0 Å². The monoisotopic (exact) mass is 257 g/mol. The average molecular weight is 257 g/mol. The van der Waals surface area contributed by atoms with Gasteiger partial charge < -0.3 is 10.4 Å². The summed E-state index contributed by atoms with van der Waals surface area (Å²) >= 11 is 0. The molecule has 2 atom stereocenters. The van der Waals surface area contributed by atoms with E-state index in [-0.39, 0.29) is 12.5 Å². The molecule has 2 rings (SSSR count). The van der Waals surface area contributed by atoms with Gasteiger partial charge in [-0.15, -0.1) is 0 Å². The third-order valence-corrected chi connectivity index (χ3v) is 3.45. The largest absolute Gasteiger partial charge is 0.384 e. The van der Waals surface area contributed by atoms with Gasteiger partial charge >= 0.3 is 0 Å². The lowest BCUT2D eigenvalue weighted by atomic mass is 10.1. The number of aliphatic hydroxyl groups excluding tert-OH is 1. The first-order valence-corrected chi connectivity index (χ1v) is 6.59. The van der Waals surface area contributed by atoms with Crippen LogP contribution in [0.25, 0.3) is 0 Å². The Morgan fingerprint density at radius 1 is 1.47 bits per heavy atom. The van der Waals surface area contributed by atoms with Crippen LogP contribution < -0.4 is 5.32 Å². The molecule has 1 aromatic carbocycles. The molecule has 0 aliphatic heterocycles. The number of aryl methyl sites for hydroxylation is 1. The van der Waals surface area contributed by atoms with Gasteiger partial charge in [-0.25, -0.2) is 0 Å². The molecule has 0 bridgehead atoms. The van der Waals surface area contributed by atoms with E-state index < -0.39 is 0 Å². The number of benzene rings is 1. The maximum Gasteiger partial charge on any atom is 0.251 e. The van der Waals surface area contributed by atoms with E-state index in [1.165, 1.54) is 6.42 Å². The van der Waals surface area contributed by atoms with E-state index in [9.17, 15) is 4.79 Å². The van der Waals surface area contributed by atoms with Crippen LogP contribution in [0.1, 0.15) is 34.8 Å². The number of hydrogen-bond donors (Lipinski definition) is 2. The molecule has 2 N–H and O–H groups in total. The summed E-state index contributed by atoms with van der Waals surface area (Å²) in [6, 6.07) is 5.53. The third kappa shape index (κ3) is 3.84. The first kappa shape index (κ1) is 13.6. The molecular weight excluding hydrogens is 238 g/mol. The van der Waals surface area contributed by atoms with Crippen molar-refractivity contribution in [2.24, 2.45) is 11.8 Å². The van der Waals surface area contributed by atoms with Gasteiger partial charge in [0, 0.05) is 17.7 Å². The fourth-order valence-corrected chi connectivity index (χ4v) is 2.14. The molecule has 1 amide bonds. The van der Waals surface area contributed by atoms with Gasteiger partial charge in [0.05, 0.1) is 0 Å². The van der Waals surface area contributed by atoms with Crippen LogP contribution in [-0.4, -0.2) is 24.2 Å². The minimum Gasteiger partial charge on any atom is -0.384 e. The molecule has 3 nitrogen and oxygen atoms in total. The van der Waals surface area contributed by atoms with E-state index in [4.69, 9.17) is 5.11 Å². The Morgan fingerprint density at radius 2 is 2.21 bits per heavy atom. The van der Waals surface area contributed by atoms with E-state index in [1.54, 1.807) is 6.07 Å². The highest BCUT2D eigenvalue weighted by Gasteiger charge is 2.32. The van der Waals surface area contributed by atoms with Gasteiger partial charge in [0.2, 0.25) is 0 Å². The Balaban J connectivity index is 2.05. The molecule has 2 unspecified atom stereocenters. The van der Waals surface area contributed by atoms with Crippen molar-refractivity contribution in [3.63, 3.8) is 0 Å². The lowest BCUT2D eigenvalue weighted by Crippen LogP contribution is -2.26. The number of nitrogens with one attached hydrogen (secondary N) is 1. The Kier molecular flexibility index (Phi) is 4.24. The number of rotatable bonds is 3. The fraction of sp³-hybridized carbons (Fsp3) is 0.438. The van der Waals surface area contributed by atoms with Crippen molar-refractivity contribution in [1.82, 2.24) is 5.32 Å². The summed E-state index contributed by atoms with van der Waals surface area (Å²) < 4.78 is 0. The Hall–Kier alpha value is -1.79. The van der Waals surface area contributed by atoms with Crippen LogP contribution in [0.4, 0.5) is 0 Å². The van der Waals surface area contributed by atoms with Crippen molar-refractivity contribution < 1.29 is 9.90 Å². The zero-order chi connectivity index (χ0) is 13.8. The van der Waals surface area contributed by atoms with Crippen LogP contribution in [0.15, 0.2) is 18.2 Å². The summed E-state index contributed by atoms with van der Waals surface area (Å²) in [7, 11) is 0. The van der Waals surface area contributed by atoms with Crippen molar-refractivity contribution in [2.75, 3.05) is 13.2 Å². The zero-order valence-electron chi connectivity index (χ0n) is 11.4.